The summed E-state index contributed by atoms with van der Waals surface area (Å²) in [6.45, 7) is 4.50. The van der Waals surface area contributed by atoms with Gasteiger partial charge in [-0.2, -0.15) is 0 Å². The van der Waals surface area contributed by atoms with Gasteiger partial charge in [0.2, 0.25) is 0 Å². The number of nitrogens with zero attached hydrogens (tertiary/aromatic N) is 2. The molecule has 0 aliphatic heterocycles. The predicted molar refractivity (Wildman–Crippen MR) is 203 cm³/mol. The number of nitrogens with one attached hydrogen (secondary N) is 2. The minimum absolute atomic E-state index is 0.0116. The molecule has 1 amide bonds. The minimum atomic E-state index is -3.08. The van der Waals surface area contributed by atoms with Crippen LogP contribution in [0.15, 0.2) is 60.9 Å². The van der Waals surface area contributed by atoms with Gasteiger partial charge in [-0.25, -0.2) is 16.8 Å². The van der Waals surface area contributed by atoms with Crippen molar-refractivity contribution in [3.05, 3.63) is 100 Å². The van der Waals surface area contributed by atoms with Crippen LogP contribution in [0, 0.1) is 13.8 Å². The predicted octanol–water partition coefficient (Wildman–Crippen LogP) is 4.96. The quantitative estimate of drug-likeness (QED) is 0.104. The standard InChI is InChI=1S/C38H46N4O8S2/c1-25-27(19-35(43)33-20-37(50-4)29(24-40-33)22-39-16-18-52(6,47)48)12-9-13-30(25)31-14-10-15-32(26(31)2)42-38(44)34-21-36(49-3)28(23-41-34)11-7-8-17-51(5,45)46/h9-10,12-15,20-21,23-24,39H,7-8,11,16-19,22H2,1-6H3,(H,42,44). The van der Waals surface area contributed by atoms with Crippen molar-refractivity contribution in [3.8, 4) is 22.6 Å². The Bertz CT molecular complexity index is 2000. The number of methoxy groups -OCH3 is 2. The third-order valence-corrected chi connectivity index (χ3v) is 10.7. The highest BCUT2D eigenvalue weighted by Crippen LogP contribution is 2.33. The number of amides is 1. The Kier molecular flexibility index (Phi) is 13.7. The third kappa shape index (κ3) is 11.2. The van der Waals surface area contributed by atoms with Crippen LogP contribution in [0.25, 0.3) is 11.1 Å². The highest BCUT2D eigenvalue weighted by molar-refractivity contribution is 7.90. The summed E-state index contributed by atoms with van der Waals surface area (Å²) in [6.07, 6.45) is 7.41. The first-order chi connectivity index (χ1) is 24.6. The highest BCUT2D eigenvalue weighted by atomic mass is 32.2. The van der Waals surface area contributed by atoms with Gasteiger partial charge in [-0.3, -0.25) is 19.6 Å². The van der Waals surface area contributed by atoms with E-state index in [1.54, 1.807) is 24.5 Å². The van der Waals surface area contributed by atoms with Crippen LogP contribution in [0.4, 0.5) is 5.69 Å². The Morgan fingerprint density at radius 1 is 0.731 bits per heavy atom. The molecule has 14 heteroatoms. The molecule has 0 atom stereocenters. The number of sulfone groups is 2. The number of aryl methyl sites for hydroxylation is 1. The number of carbonyl (C=O) groups is 2. The second kappa shape index (κ2) is 17.7. The van der Waals surface area contributed by atoms with Crippen LogP contribution < -0.4 is 20.1 Å². The van der Waals surface area contributed by atoms with Crippen molar-refractivity contribution in [3.63, 3.8) is 0 Å². The summed E-state index contributed by atoms with van der Waals surface area (Å²) in [5.74, 6) is 0.529. The van der Waals surface area contributed by atoms with E-state index in [4.69, 9.17) is 9.47 Å². The monoisotopic (exact) mass is 750 g/mol. The Balaban J connectivity index is 1.47. The molecule has 0 unspecified atom stereocenters. The average molecular weight is 751 g/mol. The van der Waals surface area contributed by atoms with Gasteiger partial charge in [0, 0.05) is 79.1 Å². The van der Waals surface area contributed by atoms with Crippen molar-refractivity contribution < 1.29 is 35.9 Å². The molecule has 0 fully saturated rings. The van der Waals surface area contributed by atoms with Crippen molar-refractivity contribution in [2.24, 2.45) is 0 Å². The Labute approximate surface area is 306 Å². The first kappa shape index (κ1) is 40.1. The zero-order chi connectivity index (χ0) is 38.1. The lowest BCUT2D eigenvalue weighted by Gasteiger charge is -2.17. The summed E-state index contributed by atoms with van der Waals surface area (Å²) >= 11 is 0. The van der Waals surface area contributed by atoms with Crippen LogP contribution in [-0.2, 0) is 39.1 Å². The lowest BCUT2D eigenvalue weighted by Crippen LogP contribution is -2.22. The van der Waals surface area contributed by atoms with Gasteiger partial charge >= 0.3 is 0 Å². The molecule has 52 heavy (non-hydrogen) atoms. The molecule has 0 saturated heterocycles. The lowest BCUT2D eigenvalue weighted by molar-refractivity contribution is 0.0985. The van der Waals surface area contributed by atoms with E-state index in [-0.39, 0.29) is 41.6 Å². The number of unbranched alkanes of at least 4 members (excludes halogenated alkanes) is 1. The van der Waals surface area contributed by atoms with Gasteiger partial charge in [-0.05, 0) is 67.0 Å². The summed E-state index contributed by atoms with van der Waals surface area (Å²) in [7, 11) is -3.09. The molecule has 4 rings (SSSR count). The van der Waals surface area contributed by atoms with Gasteiger partial charge in [-0.1, -0.05) is 30.3 Å². The maximum Gasteiger partial charge on any atom is 0.274 e. The van der Waals surface area contributed by atoms with E-state index in [0.717, 1.165) is 33.4 Å². The first-order valence-corrected chi connectivity index (χ1v) is 20.9. The maximum atomic E-state index is 13.4. The van der Waals surface area contributed by atoms with E-state index >= 15 is 0 Å². The minimum Gasteiger partial charge on any atom is -0.496 e. The highest BCUT2D eigenvalue weighted by Gasteiger charge is 2.18. The lowest BCUT2D eigenvalue weighted by atomic mass is 9.91. The summed E-state index contributed by atoms with van der Waals surface area (Å²) in [4.78, 5) is 35.5. The normalized spacial score (nSPS) is 11.7. The number of rotatable bonds is 18. The fourth-order valence-electron chi connectivity index (χ4n) is 5.75. The van der Waals surface area contributed by atoms with Gasteiger partial charge < -0.3 is 20.1 Å². The number of hydrogen-bond donors (Lipinski definition) is 2. The van der Waals surface area contributed by atoms with Crippen molar-refractivity contribution in [1.82, 2.24) is 15.3 Å². The third-order valence-electron chi connectivity index (χ3n) is 8.69. The molecule has 2 heterocycles. The van der Waals surface area contributed by atoms with Gasteiger partial charge in [0.1, 0.15) is 42.6 Å². The number of hydrogen-bond acceptors (Lipinski definition) is 11. The first-order valence-electron chi connectivity index (χ1n) is 16.7. The molecule has 0 aliphatic rings. The Hall–Kier alpha value is -4.66. The van der Waals surface area contributed by atoms with E-state index in [1.165, 1.54) is 26.7 Å². The molecule has 0 bridgehead atoms. The average Bonchev–Trinajstić information content (AvgIpc) is 3.09. The Morgan fingerprint density at radius 2 is 1.33 bits per heavy atom. The molecule has 2 N–H and O–H groups in total. The van der Waals surface area contributed by atoms with E-state index in [0.29, 0.717) is 48.6 Å². The summed E-state index contributed by atoms with van der Waals surface area (Å²) in [5.41, 5.74) is 6.94. The molecule has 0 radical (unpaired) electrons. The SMILES string of the molecule is COc1cc(C(=O)Nc2cccc(-c3cccc(CC(=O)c4cc(OC)c(CNCCS(C)(=O)=O)cn4)c3C)c2C)ncc1CCCCS(C)(=O)=O. The summed E-state index contributed by atoms with van der Waals surface area (Å²) in [5, 5.41) is 6.04. The van der Waals surface area contributed by atoms with Crippen LogP contribution in [0.5, 0.6) is 11.5 Å². The van der Waals surface area contributed by atoms with Crippen molar-refractivity contribution in [2.45, 2.75) is 46.1 Å². The zero-order valence-corrected chi connectivity index (χ0v) is 32.0. The topological polar surface area (TPSA) is 171 Å². The molecule has 0 spiro atoms. The van der Waals surface area contributed by atoms with Crippen LogP contribution in [0.1, 0.15) is 61.6 Å². The van der Waals surface area contributed by atoms with Crippen LogP contribution in [0.3, 0.4) is 0 Å². The summed E-state index contributed by atoms with van der Waals surface area (Å²) < 4.78 is 56.7. The molecule has 2 aromatic heterocycles. The Morgan fingerprint density at radius 3 is 2.00 bits per heavy atom. The number of carbonyl (C=O) groups excluding carboxylic acids is 2. The van der Waals surface area contributed by atoms with Crippen LogP contribution in [0.2, 0.25) is 0 Å². The van der Waals surface area contributed by atoms with E-state index in [9.17, 15) is 26.4 Å². The molecule has 12 nitrogen and oxygen atoms in total. The van der Waals surface area contributed by atoms with Gasteiger partial charge in [0.25, 0.3) is 5.91 Å². The molecule has 0 aliphatic carbocycles. The fourth-order valence-corrected chi connectivity index (χ4v) is 6.99. The molecule has 2 aromatic carbocycles. The molecular weight excluding hydrogens is 705 g/mol. The van der Waals surface area contributed by atoms with Crippen LogP contribution >= 0.6 is 0 Å². The molecule has 278 valence electrons. The molecular formula is C38H46N4O8S2. The van der Waals surface area contributed by atoms with Gasteiger partial charge in [0.15, 0.2) is 5.78 Å². The van der Waals surface area contributed by atoms with Crippen molar-refractivity contribution in [1.29, 1.82) is 0 Å². The van der Waals surface area contributed by atoms with Gasteiger partial charge in [0.05, 0.1) is 20.0 Å². The van der Waals surface area contributed by atoms with E-state index in [2.05, 4.69) is 20.6 Å². The fraction of sp³-hybridized carbons (Fsp3) is 0.368. The number of ether oxygens (including phenoxy) is 2. The zero-order valence-electron chi connectivity index (χ0n) is 30.4. The molecule has 0 saturated carbocycles. The van der Waals surface area contributed by atoms with Crippen LogP contribution in [-0.4, -0.2) is 83.3 Å². The number of pyridine rings is 2. The second-order valence-electron chi connectivity index (χ2n) is 12.8. The van der Waals surface area contributed by atoms with Gasteiger partial charge in [-0.15, -0.1) is 0 Å². The number of ketones is 1. The number of Topliss-reactive ketones (excluding diaryl/α,β-unsaturated/α-hetero) is 1. The molecule has 4 aromatic rings. The number of benzene rings is 2. The summed E-state index contributed by atoms with van der Waals surface area (Å²) in [6, 6.07) is 14.6. The number of aromatic nitrogens is 2. The smallest absolute Gasteiger partial charge is 0.274 e. The van der Waals surface area contributed by atoms with Crippen molar-refractivity contribution >= 4 is 37.1 Å². The van der Waals surface area contributed by atoms with E-state index in [1.807, 2.05) is 50.2 Å². The van der Waals surface area contributed by atoms with E-state index < -0.39 is 25.6 Å². The number of anilines is 1. The second-order valence-corrected chi connectivity index (χ2v) is 17.3. The van der Waals surface area contributed by atoms with Crippen molar-refractivity contribution in [2.75, 3.05) is 50.1 Å². The maximum absolute atomic E-state index is 13.4. The largest absolute Gasteiger partial charge is 0.496 e.